The number of carbonyl (C=O) groups is 1. The molecule has 0 aliphatic heterocycles. The van der Waals surface area contributed by atoms with Crippen LogP contribution in [0.25, 0.3) is 0 Å². The third kappa shape index (κ3) is 5.01. The summed E-state index contributed by atoms with van der Waals surface area (Å²) in [7, 11) is 3.15. The van der Waals surface area contributed by atoms with Crippen molar-refractivity contribution in [1.29, 1.82) is 0 Å². The van der Waals surface area contributed by atoms with E-state index in [-0.39, 0.29) is 11.9 Å². The van der Waals surface area contributed by atoms with E-state index in [9.17, 15) is 4.79 Å². The molecule has 1 amide bonds. The first-order valence-corrected chi connectivity index (χ1v) is 9.20. The third-order valence-corrected chi connectivity index (χ3v) is 4.37. The summed E-state index contributed by atoms with van der Waals surface area (Å²) in [5.41, 5.74) is 2.72. The van der Waals surface area contributed by atoms with Crippen LogP contribution in [0.2, 0.25) is 0 Å². The van der Waals surface area contributed by atoms with Crippen LogP contribution in [0.15, 0.2) is 54.6 Å². The summed E-state index contributed by atoms with van der Waals surface area (Å²) in [6.45, 7) is 3.75. The first-order chi connectivity index (χ1) is 14.0. The molecule has 7 heteroatoms. The van der Waals surface area contributed by atoms with Crippen LogP contribution in [0.5, 0.6) is 11.5 Å². The lowest BCUT2D eigenvalue weighted by molar-refractivity contribution is 0.0934. The van der Waals surface area contributed by atoms with Crippen molar-refractivity contribution in [3.63, 3.8) is 0 Å². The van der Waals surface area contributed by atoms with Crippen LogP contribution >= 0.6 is 0 Å². The molecule has 0 bridgehead atoms. The van der Waals surface area contributed by atoms with Crippen molar-refractivity contribution in [2.24, 2.45) is 0 Å². The van der Waals surface area contributed by atoms with Gasteiger partial charge in [0, 0.05) is 17.4 Å². The normalized spacial score (nSPS) is 11.4. The Balaban J connectivity index is 1.78. The molecule has 1 atom stereocenters. The standard InChI is InChI=1S/C22H24N4O3/c1-14-12-18(21(27)24-15(2)16-8-6-5-7-9-16)26-22(23-14)25-17-10-11-19(28-3)20(13-17)29-4/h5-13,15H,1-4H3,(H,24,27)(H,23,25,26). The number of methoxy groups -OCH3 is 2. The Kier molecular flexibility index (Phi) is 6.29. The summed E-state index contributed by atoms with van der Waals surface area (Å²) in [5, 5.41) is 6.08. The summed E-state index contributed by atoms with van der Waals surface area (Å²) in [6, 6.07) is 16.7. The second-order valence-electron chi connectivity index (χ2n) is 6.52. The highest BCUT2D eigenvalue weighted by molar-refractivity contribution is 5.93. The molecule has 3 rings (SSSR count). The molecule has 0 saturated carbocycles. The lowest BCUT2D eigenvalue weighted by Crippen LogP contribution is -2.27. The second-order valence-corrected chi connectivity index (χ2v) is 6.52. The average molecular weight is 392 g/mol. The van der Waals surface area contributed by atoms with Gasteiger partial charge in [0.15, 0.2) is 11.5 Å². The van der Waals surface area contributed by atoms with Crippen molar-refractivity contribution in [2.45, 2.75) is 19.9 Å². The Labute approximate surface area is 170 Å². The number of nitrogens with one attached hydrogen (secondary N) is 2. The maximum atomic E-state index is 12.7. The Hall–Kier alpha value is -3.61. The number of amides is 1. The van der Waals surface area contributed by atoms with Crippen LogP contribution in [0, 0.1) is 6.92 Å². The summed E-state index contributed by atoms with van der Waals surface area (Å²) in [6.07, 6.45) is 0. The fourth-order valence-electron chi connectivity index (χ4n) is 2.88. The topological polar surface area (TPSA) is 85.4 Å². The van der Waals surface area contributed by atoms with Gasteiger partial charge >= 0.3 is 0 Å². The lowest BCUT2D eigenvalue weighted by Gasteiger charge is -2.15. The molecule has 0 fully saturated rings. The molecule has 7 nitrogen and oxygen atoms in total. The highest BCUT2D eigenvalue weighted by Crippen LogP contribution is 2.30. The van der Waals surface area contributed by atoms with E-state index in [1.165, 1.54) is 0 Å². The number of hydrogen-bond donors (Lipinski definition) is 2. The molecule has 0 radical (unpaired) electrons. The van der Waals surface area contributed by atoms with Crippen molar-refractivity contribution in [1.82, 2.24) is 15.3 Å². The van der Waals surface area contributed by atoms with Gasteiger partial charge in [0.2, 0.25) is 5.95 Å². The van der Waals surface area contributed by atoms with Crippen LogP contribution in [0.3, 0.4) is 0 Å². The minimum absolute atomic E-state index is 0.138. The Morgan fingerprint density at radius 2 is 1.69 bits per heavy atom. The molecule has 3 aromatic rings. The minimum Gasteiger partial charge on any atom is -0.493 e. The smallest absolute Gasteiger partial charge is 0.270 e. The van der Waals surface area contributed by atoms with Gasteiger partial charge in [0.1, 0.15) is 5.69 Å². The van der Waals surface area contributed by atoms with Crippen LogP contribution in [0.1, 0.15) is 34.7 Å². The Bertz CT molecular complexity index is 993. The maximum absolute atomic E-state index is 12.7. The van der Waals surface area contributed by atoms with E-state index in [0.29, 0.717) is 28.8 Å². The van der Waals surface area contributed by atoms with Gasteiger partial charge in [-0.1, -0.05) is 30.3 Å². The molecule has 0 aliphatic rings. The van der Waals surface area contributed by atoms with Crippen molar-refractivity contribution in [3.05, 3.63) is 71.5 Å². The average Bonchev–Trinajstić information content (AvgIpc) is 2.73. The number of rotatable bonds is 7. The quantitative estimate of drug-likeness (QED) is 0.631. The number of anilines is 2. The van der Waals surface area contributed by atoms with Crippen molar-refractivity contribution in [2.75, 3.05) is 19.5 Å². The van der Waals surface area contributed by atoms with E-state index in [2.05, 4.69) is 20.6 Å². The minimum atomic E-state index is -0.262. The number of aromatic nitrogens is 2. The Morgan fingerprint density at radius 3 is 2.38 bits per heavy atom. The predicted molar refractivity (Wildman–Crippen MR) is 112 cm³/mol. The number of benzene rings is 2. The highest BCUT2D eigenvalue weighted by atomic mass is 16.5. The molecule has 29 heavy (non-hydrogen) atoms. The Morgan fingerprint density at radius 1 is 0.966 bits per heavy atom. The van der Waals surface area contributed by atoms with Crippen molar-refractivity contribution in [3.8, 4) is 11.5 Å². The zero-order valence-corrected chi connectivity index (χ0v) is 16.9. The second kappa shape index (κ2) is 9.05. The largest absolute Gasteiger partial charge is 0.493 e. The number of ether oxygens (including phenoxy) is 2. The van der Waals surface area contributed by atoms with Crippen LogP contribution in [0.4, 0.5) is 11.6 Å². The maximum Gasteiger partial charge on any atom is 0.270 e. The zero-order chi connectivity index (χ0) is 20.8. The van der Waals surface area contributed by atoms with E-state index in [4.69, 9.17) is 9.47 Å². The SMILES string of the molecule is COc1ccc(Nc2nc(C)cc(C(=O)NC(C)c3ccccc3)n2)cc1OC. The molecule has 0 spiro atoms. The van der Waals surface area contributed by atoms with Gasteiger partial charge < -0.3 is 20.1 Å². The summed E-state index contributed by atoms with van der Waals surface area (Å²) < 4.78 is 10.6. The summed E-state index contributed by atoms with van der Waals surface area (Å²) in [4.78, 5) is 21.4. The van der Waals surface area contributed by atoms with E-state index >= 15 is 0 Å². The molecule has 1 unspecified atom stereocenters. The molecule has 1 aromatic heterocycles. The molecule has 2 aromatic carbocycles. The molecule has 150 valence electrons. The fourth-order valence-corrected chi connectivity index (χ4v) is 2.88. The number of aryl methyl sites for hydroxylation is 1. The number of nitrogens with zero attached hydrogens (tertiary/aromatic N) is 2. The third-order valence-electron chi connectivity index (χ3n) is 4.37. The van der Waals surface area contributed by atoms with Gasteiger partial charge in [-0.3, -0.25) is 4.79 Å². The summed E-state index contributed by atoms with van der Waals surface area (Å²) in [5.74, 6) is 1.27. The van der Waals surface area contributed by atoms with Crippen molar-refractivity contribution >= 4 is 17.5 Å². The van der Waals surface area contributed by atoms with Gasteiger partial charge in [-0.25, -0.2) is 9.97 Å². The van der Waals surface area contributed by atoms with Crippen LogP contribution < -0.4 is 20.1 Å². The molecule has 1 heterocycles. The number of carbonyl (C=O) groups excluding carboxylic acids is 1. The molecule has 0 aliphatic carbocycles. The molecule has 0 saturated heterocycles. The van der Waals surface area contributed by atoms with E-state index in [1.807, 2.05) is 50.2 Å². The lowest BCUT2D eigenvalue weighted by atomic mass is 10.1. The van der Waals surface area contributed by atoms with Gasteiger partial charge in [0.25, 0.3) is 5.91 Å². The zero-order valence-electron chi connectivity index (χ0n) is 16.9. The molecular weight excluding hydrogens is 368 g/mol. The molecular formula is C22H24N4O3. The predicted octanol–water partition coefficient (Wildman–Crippen LogP) is 4.04. The van der Waals surface area contributed by atoms with Crippen molar-refractivity contribution < 1.29 is 14.3 Å². The fraction of sp³-hybridized carbons (Fsp3) is 0.227. The number of hydrogen-bond acceptors (Lipinski definition) is 6. The van der Waals surface area contributed by atoms with E-state index in [1.54, 1.807) is 32.4 Å². The van der Waals surface area contributed by atoms with Gasteiger partial charge in [-0.15, -0.1) is 0 Å². The van der Waals surface area contributed by atoms with Crippen LogP contribution in [-0.4, -0.2) is 30.1 Å². The highest BCUT2D eigenvalue weighted by Gasteiger charge is 2.15. The van der Waals surface area contributed by atoms with E-state index in [0.717, 1.165) is 11.3 Å². The van der Waals surface area contributed by atoms with Gasteiger partial charge in [-0.2, -0.15) is 0 Å². The van der Waals surface area contributed by atoms with Gasteiger partial charge in [0.05, 0.1) is 20.3 Å². The van der Waals surface area contributed by atoms with E-state index < -0.39 is 0 Å². The van der Waals surface area contributed by atoms with Gasteiger partial charge in [-0.05, 0) is 37.6 Å². The first kappa shape index (κ1) is 20.1. The molecule has 2 N–H and O–H groups in total. The monoisotopic (exact) mass is 392 g/mol. The van der Waals surface area contributed by atoms with Crippen LogP contribution in [-0.2, 0) is 0 Å². The first-order valence-electron chi connectivity index (χ1n) is 9.20. The summed E-state index contributed by atoms with van der Waals surface area (Å²) >= 11 is 0.